The van der Waals surface area contributed by atoms with Gasteiger partial charge in [0, 0.05) is 11.1 Å². The monoisotopic (exact) mass is 400 g/mol. The van der Waals surface area contributed by atoms with Crippen LogP contribution in [-0.4, -0.2) is 16.4 Å². The summed E-state index contributed by atoms with van der Waals surface area (Å²) in [5.74, 6) is 1.80. The Hall–Kier alpha value is -2.37. The van der Waals surface area contributed by atoms with Gasteiger partial charge in [0.15, 0.2) is 0 Å². The lowest BCUT2D eigenvalue weighted by Gasteiger charge is -2.56. The number of halogens is 3. The van der Waals surface area contributed by atoms with E-state index in [2.05, 4.69) is 10.3 Å². The maximum atomic E-state index is 13.4. The molecule has 0 aliphatic heterocycles. The molecular formula is C23H23F3N2O. The summed E-state index contributed by atoms with van der Waals surface area (Å²) < 4.78 is 40.1. The molecule has 1 N–H and O–H groups in total. The van der Waals surface area contributed by atoms with E-state index < -0.39 is 11.7 Å². The maximum Gasteiger partial charge on any atom is 0.417 e. The van der Waals surface area contributed by atoms with Crippen molar-refractivity contribution >= 4 is 5.91 Å². The molecule has 3 nitrogen and oxygen atoms in total. The zero-order valence-electron chi connectivity index (χ0n) is 16.0. The van der Waals surface area contributed by atoms with Crippen molar-refractivity contribution in [2.75, 3.05) is 0 Å². The third kappa shape index (κ3) is 3.43. The number of amides is 1. The third-order valence-electron chi connectivity index (χ3n) is 6.91. The van der Waals surface area contributed by atoms with Gasteiger partial charge in [-0.15, -0.1) is 0 Å². The number of hydrogen-bond acceptors (Lipinski definition) is 2. The zero-order valence-corrected chi connectivity index (χ0v) is 16.0. The van der Waals surface area contributed by atoms with Crippen LogP contribution in [-0.2, 0) is 6.18 Å². The largest absolute Gasteiger partial charge is 0.417 e. The van der Waals surface area contributed by atoms with Crippen molar-refractivity contribution in [3.05, 3.63) is 53.7 Å². The number of aromatic nitrogens is 1. The molecule has 0 atom stereocenters. The maximum absolute atomic E-state index is 13.4. The molecule has 2 aromatic rings. The lowest BCUT2D eigenvalue weighted by molar-refractivity contribution is -0.137. The smallest absolute Gasteiger partial charge is 0.345 e. The fourth-order valence-corrected chi connectivity index (χ4v) is 6.23. The molecule has 4 fully saturated rings. The number of alkyl halides is 3. The molecule has 4 bridgehead atoms. The van der Waals surface area contributed by atoms with Crippen molar-refractivity contribution in [1.29, 1.82) is 0 Å². The Morgan fingerprint density at radius 2 is 1.55 bits per heavy atom. The zero-order chi connectivity index (χ0) is 20.2. The first-order valence-electron chi connectivity index (χ1n) is 10.3. The quantitative estimate of drug-likeness (QED) is 0.743. The van der Waals surface area contributed by atoms with Crippen molar-refractivity contribution in [1.82, 2.24) is 10.3 Å². The molecule has 0 spiro atoms. The SMILES string of the molecule is O=C(NC12CC3CC(CC(C3)C1)C2)c1cccc(-c2ccccc2C(F)(F)F)n1. The van der Waals surface area contributed by atoms with Crippen LogP contribution in [0.4, 0.5) is 13.2 Å². The van der Waals surface area contributed by atoms with Gasteiger partial charge in [0.25, 0.3) is 5.91 Å². The standard InChI is InChI=1S/C23H23F3N2O/c24-23(25,26)18-5-2-1-4-17(18)19-6-3-7-20(27-19)21(29)28-22-11-14-8-15(12-22)10-16(9-14)13-22/h1-7,14-16H,8-13H2,(H,28,29). The Bertz CT molecular complexity index is 918. The molecule has 4 aliphatic carbocycles. The summed E-state index contributed by atoms with van der Waals surface area (Å²) in [4.78, 5) is 17.3. The summed E-state index contributed by atoms with van der Waals surface area (Å²) in [6.45, 7) is 0. The highest BCUT2D eigenvalue weighted by Crippen LogP contribution is 2.55. The van der Waals surface area contributed by atoms with E-state index in [1.54, 1.807) is 18.2 Å². The van der Waals surface area contributed by atoms with Crippen LogP contribution in [0, 0.1) is 17.8 Å². The van der Waals surface area contributed by atoms with Crippen LogP contribution in [0.2, 0.25) is 0 Å². The molecule has 1 heterocycles. The summed E-state index contributed by atoms with van der Waals surface area (Å²) in [6, 6.07) is 10.0. The predicted molar refractivity (Wildman–Crippen MR) is 103 cm³/mol. The average molecular weight is 400 g/mol. The lowest BCUT2D eigenvalue weighted by Crippen LogP contribution is -2.59. The number of carbonyl (C=O) groups is 1. The molecule has 29 heavy (non-hydrogen) atoms. The Morgan fingerprint density at radius 1 is 0.931 bits per heavy atom. The van der Waals surface area contributed by atoms with Crippen molar-refractivity contribution < 1.29 is 18.0 Å². The van der Waals surface area contributed by atoms with E-state index in [4.69, 9.17) is 0 Å². The van der Waals surface area contributed by atoms with Crippen molar-refractivity contribution in [3.63, 3.8) is 0 Å². The molecule has 0 unspecified atom stereocenters. The van der Waals surface area contributed by atoms with Crippen molar-refractivity contribution in [2.45, 2.75) is 50.2 Å². The van der Waals surface area contributed by atoms with E-state index in [0.717, 1.165) is 25.3 Å². The Balaban J connectivity index is 1.42. The van der Waals surface area contributed by atoms with Gasteiger partial charge in [0.2, 0.25) is 0 Å². The van der Waals surface area contributed by atoms with Gasteiger partial charge in [-0.3, -0.25) is 4.79 Å². The number of pyridine rings is 1. The van der Waals surface area contributed by atoms with Gasteiger partial charge in [-0.25, -0.2) is 4.98 Å². The van der Waals surface area contributed by atoms with Gasteiger partial charge in [-0.1, -0.05) is 24.3 Å². The first kappa shape index (κ1) is 18.6. The minimum atomic E-state index is -4.48. The van der Waals surface area contributed by atoms with Crippen LogP contribution < -0.4 is 5.32 Å². The summed E-state index contributed by atoms with van der Waals surface area (Å²) >= 11 is 0. The van der Waals surface area contributed by atoms with Gasteiger partial charge in [-0.05, 0) is 74.5 Å². The fraction of sp³-hybridized carbons (Fsp3) is 0.478. The summed E-state index contributed by atoms with van der Waals surface area (Å²) in [5.41, 5.74) is -0.574. The Kier molecular flexibility index (Phi) is 4.23. The number of carbonyl (C=O) groups excluding carboxylic acids is 1. The summed E-state index contributed by atoms with van der Waals surface area (Å²) in [5, 5.41) is 3.24. The van der Waals surface area contributed by atoms with Gasteiger partial charge in [-0.2, -0.15) is 13.2 Å². The normalized spacial score (nSPS) is 30.4. The number of nitrogens with one attached hydrogen (secondary N) is 1. The minimum Gasteiger partial charge on any atom is -0.345 e. The van der Waals surface area contributed by atoms with E-state index >= 15 is 0 Å². The number of hydrogen-bond donors (Lipinski definition) is 1. The van der Waals surface area contributed by atoms with Crippen LogP contribution in [0.15, 0.2) is 42.5 Å². The first-order chi connectivity index (χ1) is 13.8. The highest BCUT2D eigenvalue weighted by Gasteiger charge is 2.51. The molecule has 4 aliphatic rings. The van der Waals surface area contributed by atoms with Gasteiger partial charge >= 0.3 is 6.18 Å². The van der Waals surface area contributed by atoms with Crippen LogP contribution in [0.5, 0.6) is 0 Å². The fourth-order valence-electron chi connectivity index (χ4n) is 6.23. The van der Waals surface area contributed by atoms with Gasteiger partial charge in [0.05, 0.1) is 11.3 Å². The Morgan fingerprint density at radius 3 is 2.17 bits per heavy atom. The first-order valence-corrected chi connectivity index (χ1v) is 10.3. The topological polar surface area (TPSA) is 42.0 Å². The molecule has 4 saturated carbocycles. The van der Waals surface area contributed by atoms with Crippen LogP contribution in [0.1, 0.15) is 54.6 Å². The molecule has 0 radical (unpaired) electrons. The van der Waals surface area contributed by atoms with E-state index in [-0.39, 0.29) is 28.4 Å². The van der Waals surface area contributed by atoms with E-state index in [9.17, 15) is 18.0 Å². The highest BCUT2D eigenvalue weighted by molar-refractivity contribution is 5.93. The van der Waals surface area contributed by atoms with Gasteiger partial charge < -0.3 is 5.32 Å². The lowest BCUT2D eigenvalue weighted by atomic mass is 9.53. The molecular weight excluding hydrogens is 377 g/mol. The molecule has 1 aromatic carbocycles. The minimum absolute atomic E-state index is 0.00976. The summed E-state index contributed by atoms with van der Waals surface area (Å²) in [7, 11) is 0. The molecule has 152 valence electrons. The number of benzene rings is 1. The number of rotatable bonds is 3. The molecule has 6 rings (SSSR count). The molecule has 1 amide bonds. The third-order valence-corrected chi connectivity index (χ3v) is 6.91. The molecule has 6 heteroatoms. The van der Waals surface area contributed by atoms with E-state index in [0.29, 0.717) is 17.8 Å². The second-order valence-electron chi connectivity index (χ2n) is 9.10. The predicted octanol–water partition coefficient (Wildman–Crippen LogP) is 5.47. The van der Waals surface area contributed by atoms with Crippen molar-refractivity contribution in [3.8, 4) is 11.3 Å². The molecule has 1 aromatic heterocycles. The second-order valence-corrected chi connectivity index (χ2v) is 9.10. The summed E-state index contributed by atoms with van der Waals surface area (Å²) in [6.07, 6.45) is 2.39. The molecule has 0 saturated heterocycles. The number of nitrogens with zero attached hydrogens (tertiary/aromatic N) is 1. The van der Waals surface area contributed by atoms with Gasteiger partial charge in [0.1, 0.15) is 5.69 Å². The highest BCUT2D eigenvalue weighted by atomic mass is 19.4. The van der Waals surface area contributed by atoms with Crippen molar-refractivity contribution in [2.24, 2.45) is 17.8 Å². The second kappa shape index (κ2) is 6.57. The van der Waals surface area contributed by atoms with E-state index in [1.807, 2.05) is 0 Å². The van der Waals surface area contributed by atoms with Crippen LogP contribution >= 0.6 is 0 Å². The average Bonchev–Trinajstić information content (AvgIpc) is 2.66. The van der Waals surface area contributed by atoms with E-state index in [1.165, 1.54) is 37.5 Å². The van der Waals surface area contributed by atoms with Crippen LogP contribution in [0.3, 0.4) is 0 Å². The Labute approximate surface area is 167 Å². The van der Waals surface area contributed by atoms with Crippen LogP contribution in [0.25, 0.3) is 11.3 Å².